The minimum absolute atomic E-state index is 0.0682. The normalized spacial score (nSPS) is 23.5. The topological polar surface area (TPSA) is 92.7 Å². The summed E-state index contributed by atoms with van der Waals surface area (Å²) in [6, 6.07) is 0. The fraction of sp³-hybridized carbons (Fsp3) is 1.00. The lowest BCUT2D eigenvalue weighted by Gasteiger charge is -2.23. The van der Waals surface area contributed by atoms with E-state index in [9.17, 15) is 9.46 Å². The predicted octanol–water partition coefficient (Wildman–Crippen LogP) is 7.55. The lowest BCUT2D eigenvalue weighted by atomic mass is 10.0. The summed E-state index contributed by atoms with van der Waals surface area (Å²) in [5, 5.41) is 0.433. The molecule has 0 radical (unpaired) electrons. The molecule has 222 valence electrons. The summed E-state index contributed by atoms with van der Waals surface area (Å²) in [7, 11) is -1.05. The summed E-state index contributed by atoms with van der Waals surface area (Å²) < 4.78 is 44.7. The van der Waals surface area contributed by atoms with Gasteiger partial charge in [0.15, 0.2) is 6.29 Å². The lowest BCUT2D eigenvalue weighted by Crippen LogP contribution is -2.39. The Labute approximate surface area is 234 Å². The van der Waals surface area contributed by atoms with Crippen LogP contribution in [0.3, 0.4) is 0 Å². The fourth-order valence-electron chi connectivity index (χ4n) is 4.70. The molecule has 0 aliphatic carbocycles. The van der Waals surface area contributed by atoms with Gasteiger partial charge in [-0.15, -0.1) is 0 Å². The minimum Gasteiger partial charge on any atom is -0.376 e. The quantitative estimate of drug-likeness (QED) is 0.0605. The van der Waals surface area contributed by atoms with Crippen LogP contribution in [0.4, 0.5) is 0 Å². The van der Waals surface area contributed by atoms with Gasteiger partial charge in [-0.1, -0.05) is 119 Å². The monoisotopic (exact) mass is 616 g/mol. The largest absolute Gasteiger partial charge is 0.472 e. The molecule has 0 saturated carbocycles. The zero-order valence-electron chi connectivity index (χ0n) is 23.6. The van der Waals surface area contributed by atoms with Crippen molar-refractivity contribution in [1.82, 2.24) is 0 Å². The Morgan fingerprint density at radius 1 is 0.730 bits per heavy atom. The van der Waals surface area contributed by atoms with Crippen molar-refractivity contribution >= 4 is 23.8 Å². The molecule has 2 unspecified atom stereocenters. The summed E-state index contributed by atoms with van der Waals surface area (Å²) in [5.74, 6) is 0. The molecule has 0 aromatic carbocycles. The summed E-state index contributed by atoms with van der Waals surface area (Å²) in [6.45, 7) is 2.77. The standard InChI is InChI=1S/C27H54BrO8P/c1-4-5-6-7-8-9-10-11-12-13-14-15-16-17-18-19-21-33-26-25(31-2)24(36-27(26)32-3)23-35-37(29,30)34-22-20-28/h24-27H,4-23H2,1-3H3,(H,29,30)/t24-,25+,26-,27?/m1/s1. The molecular weight excluding hydrogens is 563 g/mol. The van der Waals surface area contributed by atoms with E-state index in [2.05, 4.69) is 22.9 Å². The molecule has 0 aromatic heterocycles. The molecule has 0 bridgehead atoms. The SMILES string of the molecule is CCCCCCCCCCCCCCCCCCO[C@H]1C(OC)O[C@H](COP(=O)(O)OCCBr)[C@@H]1OC. The second-order valence-corrected chi connectivity index (χ2v) is 12.2. The van der Waals surface area contributed by atoms with Gasteiger partial charge in [0.2, 0.25) is 0 Å². The van der Waals surface area contributed by atoms with E-state index in [1.807, 2.05) is 0 Å². The second-order valence-electron chi connectivity index (χ2n) is 9.90. The Bertz CT molecular complexity index is 571. The van der Waals surface area contributed by atoms with Crippen molar-refractivity contribution in [2.45, 2.75) is 134 Å². The van der Waals surface area contributed by atoms with Gasteiger partial charge in [-0.2, -0.15) is 0 Å². The van der Waals surface area contributed by atoms with Crippen molar-refractivity contribution in [2.75, 3.05) is 39.4 Å². The molecule has 1 heterocycles. The molecule has 5 atom stereocenters. The van der Waals surface area contributed by atoms with E-state index in [1.165, 1.54) is 89.9 Å². The number of alkyl halides is 1. The highest BCUT2D eigenvalue weighted by Gasteiger charge is 2.47. The summed E-state index contributed by atoms with van der Waals surface area (Å²) in [6.07, 6.45) is 19.1. The van der Waals surface area contributed by atoms with E-state index in [0.717, 1.165) is 12.8 Å². The van der Waals surface area contributed by atoms with Crippen molar-refractivity contribution in [3.63, 3.8) is 0 Å². The zero-order chi connectivity index (χ0) is 27.2. The highest BCUT2D eigenvalue weighted by molar-refractivity contribution is 9.09. The van der Waals surface area contributed by atoms with Crippen molar-refractivity contribution in [3.05, 3.63) is 0 Å². The molecule has 0 amide bonds. The van der Waals surface area contributed by atoms with E-state index in [4.69, 9.17) is 28.0 Å². The third-order valence-corrected chi connectivity index (χ3v) is 8.12. The van der Waals surface area contributed by atoms with Gasteiger partial charge in [-0.25, -0.2) is 4.57 Å². The first-order chi connectivity index (χ1) is 18.0. The molecule has 1 aliphatic heterocycles. The Morgan fingerprint density at radius 3 is 1.70 bits per heavy atom. The molecule has 1 saturated heterocycles. The molecule has 37 heavy (non-hydrogen) atoms. The molecule has 8 nitrogen and oxygen atoms in total. The number of halogens is 1. The number of methoxy groups -OCH3 is 2. The van der Waals surface area contributed by atoms with Gasteiger partial charge in [0.05, 0.1) is 13.2 Å². The fourth-order valence-corrected chi connectivity index (χ4v) is 5.84. The molecule has 1 fully saturated rings. The van der Waals surface area contributed by atoms with Gasteiger partial charge < -0.3 is 23.8 Å². The van der Waals surface area contributed by atoms with Crippen LogP contribution >= 0.6 is 23.8 Å². The Balaban J connectivity index is 2.08. The second kappa shape index (κ2) is 23.2. The molecule has 0 aromatic rings. The maximum atomic E-state index is 11.9. The van der Waals surface area contributed by atoms with Gasteiger partial charge in [0.1, 0.15) is 18.3 Å². The first-order valence-electron chi connectivity index (χ1n) is 14.5. The average Bonchev–Trinajstić information content (AvgIpc) is 3.24. The molecule has 1 N–H and O–H groups in total. The summed E-state index contributed by atoms with van der Waals surface area (Å²) in [4.78, 5) is 9.75. The molecule has 1 rings (SSSR count). The maximum Gasteiger partial charge on any atom is 0.472 e. The third-order valence-electron chi connectivity index (χ3n) is 6.81. The molecular formula is C27H54BrO8P. The van der Waals surface area contributed by atoms with Gasteiger partial charge in [-0.05, 0) is 6.42 Å². The highest BCUT2D eigenvalue weighted by atomic mass is 79.9. The Hall–Kier alpha value is 0.430. The number of phosphoric ester groups is 1. The summed E-state index contributed by atoms with van der Waals surface area (Å²) in [5.41, 5.74) is 0. The van der Waals surface area contributed by atoms with Gasteiger partial charge >= 0.3 is 7.82 Å². The van der Waals surface area contributed by atoms with Crippen LogP contribution < -0.4 is 0 Å². The van der Waals surface area contributed by atoms with Crippen LogP contribution in [-0.4, -0.2) is 68.9 Å². The Morgan fingerprint density at radius 2 is 1.24 bits per heavy atom. The van der Waals surface area contributed by atoms with E-state index in [1.54, 1.807) is 14.2 Å². The average molecular weight is 618 g/mol. The van der Waals surface area contributed by atoms with Crippen LogP contribution in [-0.2, 0) is 32.6 Å². The molecule has 10 heteroatoms. The summed E-state index contributed by atoms with van der Waals surface area (Å²) >= 11 is 3.14. The highest BCUT2D eigenvalue weighted by Crippen LogP contribution is 2.44. The number of ether oxygens (including phenoxy) is 4. The van der Waals surface area contributed by atoms with Gasteiger partial charge in [0, 0.05) is 26.2 Å². The number of unbranched alkanes of at least 4 members (excludes halogenated alkanes) is 15. The van der Waals surface area contributed by atoms with Crippen LogP contribution in [0, 0.1) is 0 Å². The first-order valence-corrected chi connectivity index (χ1v) is 17.1. The van der Waals surface area contributed by atoms with E-state index in [-0.39, 0.29) is 13.2 Å². The number of hydrogen-bond donors (Lipinski definition) is 1. The van der Waals surface area contributed by atoms with Crippen LogP contribution in [0.15, 0.2) is 0 Å². The van der Waals surface area contributed by atoms with Crippen molar-refractivity contribution in [3.8, 4) is 0 Å². The molecule has 1 aliphatic rings. The van der Waals surface area contributed by atoms with Crippen LogP contribution in [0.5, 0.6) is 0 Å². The van der Waals surface area contributed by atoms with Gasteiger partial charge in [-0.3, -0.25) is 9.05 Å². The Kier molecular flexibility index (Phi) is 22.2. The van der Waals surface area contributed by atoms with Crippen LogP contribution in [0.2, 0.25) is 0 Å². The zero-order valence-corrected chi connectivity index (χ0v) is 26.1. The van der Waals surface area contributed by atoms with E-state index < -0.39 is 32.4 Å². The predicted molar refractivity (Wildman–Crippen MR) is 151 cm³/mol. The van der Waals surface area contributed by atoms with E-state index >= 15 is 0 Å². The first kappa shape index (κ1) is 35.5. The lowest BCUT2D eigenvalue weighted by molar-refractivity contribution is -0.165. The van der Waals surface area contributed by atoms with E-state index in [0.29, 0.717) is 11.9 Å². The van der Waals surface area contributed by atoms with Crippen LogP contribution in [0.25, 0.3) is 0 Å². The molecule has 0 spiro atoms. The van der Waals surface area contributed by atoms with Crippen molar-refractivity contribution in [2.24, 2.45) is 0 Å². The van der Waals surface area contributed by atoms with Gasteiger partial charge in [0.25, 0.3) is 0 Å². The third kappa shape index (κ3) is 17.0. The number of rotatable bonds is 26. The van der Waals surface area contributed by atoms with Crippen molar-refractivity contribution < 1.29 is 37.5 Å². The smallest absolute Gasteiger partial charge is 0.376 e. The minimum atomic E-state index is -4.15. The van der Waals surface area contributed by atoms with Crippen molar-refractivity contribution in [1.29, 1.82) is 0 Å². The van der Waals surface area contributed by atoms with Crippen LogP contribution in [0.1, 0.15) is 110 Å². The number of hydrogen-bond acceptors (Lipinski definition) is 7. The number of phosphoric acid groups is 1. The maximum absolute atomic E-state index is 11.9.